The van der Waals surface area contributed by atoms with Crippen molar-refractivity contribution in [3.05, 3.63) is 52.8 Å². The molecule has 1 aromatic heterocycles. The average molecular weight is 302 g/mol. The van der Waals surface area contributed by atoms with E-state index in [-0.39, 0.29) is 12.2 Å². The Hall–Kier alpha value is -2.51. The lowest BCUT2D eigenvalue weighted by molar-refractivity contribution is -0.137. The highest BCUT2D eigenvalue weighted by Crippen LogP contribution is 2.25. The summed E-state index contributed by atoms with van der Waals surface area (Å²) in [5.74, 6) is 0.334. The normalized spacial score (nSPS) is 11.0. The predicted molar refractivity (Wildman–Crippen MR) is 79.4 cm³/mol. The maximum absolute atomic E-state index is 11.5. The Labute approximate surface area is 127 Å². The summed E-state index contributed by atoms with van der Waals surface area (Å²) in [6.45, 7) is 1.89. The van der Waals surface area contributed by atoms with Gasteiger partial charge in [-0.2, -0.15) is 5.26 Å². The van der Waals surface area contributed by atoms with Crippen molar-refractivity contribution in [3.63, 3.8) is 0 Å². The van der Waals surface area contributed by atoms with Crippen LogP contribution in [0.15, 0.2) is 46.4 Å². The van der Waals surface area contributed by atoms with E-state index in [0.717, 1.165) is 5.56 Å². The van der Waals surface area contributed by atoms with Crippen molar-refractivity contribution < 1.29 is 13.9 Å². The minimum absolute atomic E-state index is 0.108. The number of hydrogen-bond acceptors (Lipinski definition) is 4. The molecule has 106 valence electrons. The number of esters is 1. The van der Waals surface area contributed by atoms with Crippen LogP contribution < -0.4 is 0 Å². The Bertz CT molecular complexity index is 725. The van der Waals surface area contributed by atoms with Crippen LogP contribution in [0.2, 0.25) is 5.02 Å². The number of ether oxygens (including phenoxy) is 1. The van der Waals surface area contributed by atoms with Crippen LogP contribution >= 0.6 is 11.6 Å². The van der Waals surface area contributed by atoms with E-state index in [1.807, 2.05) is 12.1 Å². The van der Waals surface area contributed by atoms with E-state index in [1.54, 1.807) is 37.3 Å². The topological polar surface area (TPSA) is 63.2 Å². The maximum atomic E-state index is 11.5. The molecule has 5 heteroatoms. The molecule has 0 spiro atoms. The highest BCUT2D eigenvalue weighted by atomic mass is 35.5. The first-order valence-corrected chi connectivity index (χ1v) is 6.66. The molecule has 0 fully saturated rings. The van der Waals surface area contributed by atoms with Crippen LogP contribution in [0, 0.1) is 11.3 Å². The molecule has 0 radical (unpaired) electrons. The van der Waals surface area contributed by atoms with Gasteiger partial charge in [0, 0.05) is 16.7 Å². The van der Waals surface area contributed by atoms with Gasteiger partial charge in [0.1, 0.15) is 23.2 Å². The monoisotopic (exact) mass is 301 g/mol. The van der Waals surface area contributed by atoms with Crippen molar-refractivity contribution in [2.45, 2.75) is 6.92 Å². The predicted octanol–water partition coefficient (Wildman–Crippen LogP) is 4.07. The van der Waals surface area contributed by atoms with Crippen molar-refractivity contribution in [2.24, 2.45) is 0 Å². The van der Waals surface area contributed by atoms with Gasteiger partial charge in [-0.1, -0.05) is 23.7 Å². The Balaban J connectivity index is 2.28. The zero-order valence-corrected chi connectivity index (χ0v) is 12.1. The summed E-state index contributed by atoms with van der Waals surface area (Å²) < 4.78 is 10.4. The van der Waals surface area contributed by atoms with Gasteiger partial charge >= 0.3 is 5.97 Å². The van der Waals surface area contributed by atoms with Crippen LogP contribution in [-0.2, 0) is 9.53 Å². The van der Waals surface area contributed by atoms with Crippen molar-refractivity contribution >= 4 is 23.6 Å². The Kier molecular flexibility index (Phi) is 4.81. The number of hydrogen-bond donors (Lipinski definition) is 0. The minimum Gasteiger partial charge on any atom is -0.462 e. The molecule has 0 aliphatic heterocycles. The first-order chi connectivity index (χ1) is 10.1. The third-order valence-electron chi connectivity index (χ3n) is 2.64. The van der Waals surface area contributed by atoms with Crippen LogP contribution in [0.4, 0.5) is 0 Å². The van der Waals surface area contributed by atoms with Gasteiger partial charge in [0.25, 0.3) is 0 Å². The van der Waals surface area contributed by atoms with Crippen LogP contribution in [0.3, 0.4) is 0 Å². The summed E-state index contributed by atoms with van der Waals surface area (Å²) in [5, 5.41) is 9.57. The van der Waals surface area contributed by atoms with E-state index in [0.29, 0.717) is 16.5 Å². The summed E-state index contributed by atoms with van der Waals surface area (Å²) in [7, 11) is 0. The van der Waals surface area contributed by atoms with Gasteiger partial charge in [0.15, 0.2) is 0 Å². The van der Waals surface area contributed by atoms with Gasteiger partial charge in [0.05, 0.1) is 6.61 Å². The van der Waals surface area contributed by atoms with Crippen LogP contribution in [0.5, 0.6) is 0 Å². The number of furan rings is 1. The quantitative estimate of drug-likeness (QED) is 0.485. The molecule has 0 aliphatic carbocycles. The Morgan fingerprint density at radius 2 is 2.24 bits per heavy atom. The van der Waals surface area contributed by atoms with E-state index in [1.165, 1.54) is 6.08 Å². The molecule has 2 rings (SSSR count). The summed E-state index contributed by atoms with van der Waals surface area (Å²) >= 11 is 5.93. The number of nitriles is 1. The second-order valence-electron chi connectivity index (χ2n) is 4.10. The molecular weight excluding hydrogens is 290 g/mol. The molecule has 0 saturated carbocycles. The smallest absolute Gasteiger partial charge is 0.349 e. The van der Waals surface area contributed by atoms with Gasteiger partial charge in [-0.05, 0) is 31.2 Å². The fourth-order valence-corrected chi connectivity index (χ4v) is 1.91. The number of benzene rings is 1. The van der Waals surface area contributed by atoms with E-state index in [2.05, 4.69) is 0 Å². The number of nitrogens with zero attached hydrogens (tertiary/aromatic N) is 1. The lowest BCUT2D eigenvalue weighted by Gasteiger charge is -1.99. The van der Waals surface area contributed by atoms with Gasteiger partial charge in [-0.3, -0.25) is 0 Å². The van der Waals surface area contributed by atoms with Crippen LogP contribution in [0.1, 0.15) is 12.7 Å². The SMILES string of the molecule is CCOC(=O)/C(C#N)=C\c1ccc(-c2cccc(Cl)c2)o1. The maximum Gasteiger partial charge on any atom is 0.349 e. The molecule has 4 nitrogen and oxygen atoms in total. The van der Waals surface area contributed by atoms with Gasteiger partial charge < -0.3 is 9.15 Å². The first-order valence-electron chi connectivity index (χ1n) is 6.28. The average Bonchev–Trinajstić information content (AvgIpc) is 2.93. The van der Waals surface area contributed by atoms with E-state index in [4.69, 9.17) is 26.0 Å². The molecule has 0 saturated heterocycles. The molecular formula is C16H12ClNO3. The molecule has 2 aromatic rings. The van der Waals surface area contributed by atoms with Gasteiger partial charge in [-0.25, -0.2) is 4.79 Å². The highest BCUT2D eigenvalue weighted by Gasteiger charge is 2.11. The standard InChI is InChI=1S/C16H12ClNO3/c1-2-20-16(19)12(10-18)9-14-6-7-15(21-14)11-4-3-5-13(17)8-11/h3-9H,2H2,1H3/b12-9-. The molecule has 0 amide bonds. The molecule has 0 unspecified atom stereocenters. The molecule has 0 bridgehead atoms. The summed E-state index contributed by atoms with van der Waals surface area (Å²) in [4.78, 5) is 11.5. The second kappa shape index (κ2) is 6.78. The lowest BCUT2D eigenvalue weighted by atomic mass is 10.2. The zero-order chi connectivity index (χ0) is 15.2. The number of carbonyl (C=O) groups excluding carboxylic acids is 1. The first kappa shape index (κ1) is 14.9. The molecule has 1 aromatic carbocycles. The number of halogens is 1. The van der Waals surface area contributed by atoms with Crippen molar-refractivity contribution in [1.29, 1.82) is 5.26 Å². The highest BCUT2D eigenvalue weighted by molar-refractivity contribution is 6.30. The molecule has 21 heavy (non-hydrogen) atoms. The summed E-state index contributed by atoms with van der Waals surface area (Å²) in [6.07, 6.45) is 1.35. The molecule has 0 N–H and O–H groups in total. The van der Waals surface area contributed by atoms with Crippen LogP contribution in [-0.4, -0.2) is 12.6 Å². The minimum atomic E-state index is -0.666. The van der Waals surface area contributed by atoms with Crippen LogP contribution in [0.25, 0.3) is 17.4 Å². The van der Waals surface area contributed by atoms with Gasteiger partial charge in [0.2, 0.25) is 0 Å². The Morgan fingerprint density at radius 3 is 2.90 bits per heavy atom. The van der Waals surface area contributed by atoms with E-state index in [9.17, 15) is 4.79 Å². The molecule has 0 atom stereocenters. The lowest BCUT2D eigenvalue weighted by Crippen LogP contribution is -2.05. The van der Waals surface area contributed by atoms with Crippen molar-refractivity contribution in [3.8, 4) is 17.4 Å². The second-order valence-corrected chi connectivity index (χ2v) is 4.54. The van der Waals surface area contributed by atoms with Crippen molar-refractivity contribution in [1.82, 2.24) is 0 Å². The molecule has 1 heterocycles. The third-order valence-corrected chi connectivity index (χ3v) is 2.87. The number of carbonyl (C=O) groups is 1. The van der Waals surface area contributed by atoms with E-state index < -0.39 is 5.97 Å². The summed E-state index contributed by atoms with van der Waals surface area (Å²) in [6, 6.07) is 12.4. The molecule has 0 aliphatic rings. The largest absolute Gasteiger partial charge is 0.462 e. The fourth-order valence-electron chi connectivity index (χ4n) is 1.72. The van der Waals surface area contributed by atoms with E-state index >= 15 is 0 Å². The zero-order valence-electron chi connectivity index (χ0n) is 11.3. The third kappa shape index (κ3) is 3.74. The summed E-state index contributed by atoms with van der Waals surface area (Å²) in [5.41, 5.74) is 0.709. The van der Waals surface area contributed by atoms with Gasteiger partial charge in [-0.15, -0.1) is 0 Å². The fraction of sp³-hybridized carbons (Fsp3) is 0.125. The number of rotatable bonds is 4. The van der Waals surface area contributed by atoms with Crippen molar-refractivity contribution in [2.75, 3.05) is 6.61 Å². The Morgan fingerprint density at radius 1 is 1.43 bits per heavy atom.